The van der Waals surface area contributed by atoms with E-state index >= 15 is 0 Å². The third-order valence-electron chi connectivity index (χ3n) is 4.43. The Morgan fingerprint density at radius 3 is 1.50 bits per heavy atom. The first-order valence-electron chi connectivity index (χ1n) is 6.74. The molecule has 2 heteroatoms. The fourth-order valence-corrected chi connectivity index (χ4v) is 4.01. The van der Waals surface area contributed by atoms with Gasteiger partial charge in [0.15, 0.2) is 0 Å². The van der Waals surface area contributed by atoms with Gasteiger partial charge in [-0.15, -0.1) is 0 Å². The Kier molecular flexibility index (Phi) is 11.1. The third-order valence-corrected chi connectivity index (χ3v) is 7.10. The maximum absolute atomic E-state index is 2.76. The molecule has 0 aliphatic rings. The van der Waals surface area contributed by atoms with E-state index in [1.54, 1.807) is 0 Å². The van der Waals surface area contributed by atoms with Crippen molar-refractivity contribution in [1.29, 1.82) is 0 Å². The number of halogens is 1. The lowest BCUT2D eigenvalue weighted by Gasteiger charge is -2.47. The fourth-order valence-electron chi connectivity index (χ4n) is 2.98. The first-order chi connectivity index (χ1) is 7.05. The van der Waals surface area contributed by atoms with E-state index in [0.29, 0.717) is 8.84 Å². The van der Waals surface area contributed by atoms with Crippen LogP contribution in [-0.4, -0.2) is 3.42 Å². The number of hydrogen-bond donors (Lipinski definition) is 0. The van der Waals surface area contributed by atoms with Crippen molar-refractivity contribution >= 4 is 32.5 Å². The van der Waals surface area contributed by atoms with Crippen LogP contribution in [0.1, 0.15) is 79.6 Å². The van der Waals surface area contributed by atoms with Crippen LogP contribution in [0.25, 0.3) is 0 Å². The molecule has 0 aliphatic carbocycles. The highest BCUT2D eigenvalue weighted by Crippen LogP contribution is 2.52. The van der Waals surface area contributed by atoms with E-state index in [-0.39, 0.29) is 9.90 Å². The molecule has 16 heavy (non-hydrogen) atoms. The number of alkyl halides is 1. The minimum Gasteiger partial charge on any atom is -0.153 e. The van der Waals surface area contributed by atoms with Gasteiger partial charge in [0.1, 0.15) is 0 Å². The Labute approximate surface area is 120 Å². The molecule has 1 unspecified atom stereocenters. The zero-order valence-corrected chi connectivity index (χ0v) is 15.6. The predicted octanol–water partition coefficient (Wildman–Crippen LogP) is 6.03. The molecule has 0 aliphatic heterocycles. The zero-order chi connectivity index (χ0) is 11.9. The van der Waals surface area contributed by atoms with Crippen LogP contribution in [0.5, 0.6) is 0 Å². The van der Waals surface area contributed by atoms with Gasteiger partial charge in [-0.05, 0) is 37.5 Å². The van der Waals surface area contributed by atoms with Crippen LogP contribution in [-0.2, 0) is 0 Å². The van der Waals surface area contributed by atoms with Crippen molar-refractivity contribution in [3.8, 4) is 0 Å². The lowest BCUT2D eigenvalue weighted by molar-refractivity contribution is 0.156. The van der Waals surface area contributed by atoms with E-state index in [4.69, 9.17) is 0 Å². The van der Waals surface area contributed by atoms with Gasteiger partial charge in [-0.3, -0.25) is 0 Å². The van der Waals surface area contributed by atoms with Gasteiger partial charge in [0.25, 0.3) is 0 Å². The lowest BCUT2D eigenvalue weighted by Crippen LogP contribution is -2.41. The normalized spacial score (nSPS) is 12.4. The molecule has 0 saturated carbocycles. The van der Waals surface area contributed by atoms with Crippen LogP contribution in [0.3, 0.4) is 0 Å². The van der Waals surface area contributed by atoms with E-state index in [0.717, 1.165) is 0 Å². The maximum atomic E-state index is 2.76. The third kappa shape index (κ3) is 4.12. The van der Waals surface area contributed by atoms with Crippen LogP contribution in [0.15, 0.2) is 0 Å². The maximum Gasteiger partial charge on any atom is 0.0273 e. The average Bonchev–Trinajstić information content (AvgIpc) is 2.30. The average molecular weight is 358 g/mol. The zero-order valence-electron chi connectivity index (χ0n) is 12.0. The molecule has 0 nitrogen and oxygen atoms in total. The minimum atomic E-state index is 0. The second-order valence-electron chi connectivity index (χ2n) is 4.76. The highest BCUT2D eigenvalue weighted by molar-refractivity contribution is 14.1. The Bertz CT molecular complexity index is 160. The standard InChI is InChI=1S/C14H29I.H3P/c1-6-11-12-13(7-2,8-3)14(15,9-4)10-5;/h6-12H2,1-5H3;1H3. The summed E-state index contributed by atoms with van der Waals surface area (Å²) >= 11 is 2.76. The highest BCUT2D eigenvalue weighted by Gasteiger charge is 2.43. The van der Waals surface area contributed by atoms with Gasteiger partial charge in [0, 0.05) is 3.42 Å². The molecule has 0 heterocycles. The molecule has 0 saturated heterocycles. The highest BCUT2D eigenvalue weighted by atomic mass is 127. The van der Waals surface area contributed by atoms with E-state index in [2.05, 4.69) is 57.2 Å². The number of rotatable bonds is 8. The number of unbranched alkanes of at least 4 members (excludes halogenated alkanes) is 1. The molecular formula is C14H32IP. The van der Waals surface area contributed by atoms with Crippen LogP contribution < -0.4 is 0 Å². The molecule has 0 spiro atoms. The van der Waals surface area contributed by atoms with Crippen molar-refractivity contribution < 1.29 is 0 Å². The summed E-state index contributed by atoms with van der Waals surface area (Å²) in [4.78, 5) is 0. The van der Waals surface area contributed by atoms with Gasteiger partial charge in [0.05, 0.1) is 0 Å². The van der Waals surface area contributed by atoms with Crippen molar-refractivity contribution in [2.45, 2.75) is 83.0 Å². The molecule has 1 atom stereocenters. The molecule has 0 N–H and O–H groups in total. The van der Waals surface area contributed by atoms with Gasteiger partial charge in [-0.1, -0.05) is 70.1 Å². The van der Waals surface area contributed by atoms with Crippen LogP contribution >= 0.6 is 32.5 Å². The summed E-state index contributed by atoms with van der Waals surface area (Å²) < 4.78 is 0.517. The van der Waals surface area contributed by atoms with Crippen molar-refractivity contribution in [3.05, 3.63) is 0 Å². The van der Waals surface area contributed by atoms with Crippen molar-refractivity contribution in [3.63, 3.8) is 0 Å². The number of hydrogen-bond acceptors (Lipinski definition) is 0. The van der Waals surface area contributed by atoms with Gasteiger partial charge < -0.3 is 0 Å². The lowest BCUT2D eigenvalue weighted by atomic mass is 9.66. The summed E-state index contributed by atoms with van der Waals surface area (Å²) in [5.74, 6) is 0. The summed E-state index contributed by atoms with van der Waals surface area (Å²) in [6, 6.07) is 0. The van der Waals surface area contributed by atoms with Crippen LogP contribution in [0, 0.1) is 5.41 Å². The molecule has 0 fully saturated rings. The summed E-state index contributed by atoms with van der Waals surface area (Å²) in [6.07, 6.45) is 9.46. The molecule has 0 rings (SSSR count). The Hall–Kier alpha value is 1.16. The van der Waals surface area contributed by atoms with Gasteiger partial charge in [0.2, 0.25) is 0 Å². The monoisotopic (exact) mass is 358 g/mol. The SMILES string of the molecule is CCCCC(CC)(CC)C(I)(CC)CC.P. The smallest absolute Gasteiger partial charge is 0.0273 e. The largest absolute Gasteiger partial charge is 0.153 e. The second kappa shape index (κ2) is 9.14. The molecule has 0 aromatic heterocycles. The summed E-state index contributed by atoms with van der Waals surface area (Å²) in [5.41, 5.74) is 0.576. The second-order valence-corrected chi connectivity index (χ2v) is 6.83. The first-order valence-corrected chi connectivity index (χ1v) is 7.82. The van der Waals surface area contributed by atoms with Gasteiger partial charge >= 0.3 is 0 Å². The summed E-state index contributed by atoms with van der Waals surface area (Å²) in [6.45, 7) is 11.8. The van der Waals surface area contributed by atoms with E-state index in [9.17, 15) is 0 Å². The Morgan fingerprint density at radius 1 is 0.812 bits per heavy atom. The molecule has 0 amide bonds. The summed E-state index contributed by atoms with van der Waals surface area (Å²) in [7, 11) is 0. The molecule has 0 radical (unpaired) electrons. The Morgan fingerprint density at radius 2 is 1.25 bits per heavy atom. The molecule has 0 aromatic rings. The molecule has 100 valence electrons. The van der Waals surface area contributed by atoms with Gasteiger partial charge in [-0.2, -0.15) is 9.90 Å². The molecular weight excluding hydrogens is 326 g/mol. The van der Waals surface area contributed by atoms with Gasteiger partial charge in [-0.25, -0.2) is 0 Å². The minimum absolute atomic E-state index is 0. The van der Waals surface area contributed by atoms with Crippen molar-refractivity contribution in [2.24, 2.45) is 5.41 Å². The predicted molar refractivity (Wildman–Crippen MR) is 91.0 cm³/mol. The molecule has 0 bridgehead atoms. The topological polar surface area (TPSA) is 0 Å². The van der Waals surface area contributed by atoms with Crippen molar-refractivity contribution in [1.82, 2.24) is 0 Å². The van der Waals surface area contributed by atoms with E-state index < -0.39 is 0 Å². The fraction of sp³-hybridized carbons (Fsp3) is 1.00. The Balaban J connectivity index is 0. The first kappa shape index (κ1) is 19.5. The quantitative estimate of drug-likeness (QED) is 0.282. The van der Waals surface area contributed by atoms with Crippen LogP contribution in [0.4, 0.5) is 0 Å². The summed E-state index contributed by atoms with van der Waals surface area (Å²) in [5, 5.41) is 0. The molecule has 0 aromatic carbocycles. The van der Waals surface area contributed by atoms with Crippen molar-refractivity contribution in [2.75, 3.05) is 0 Å². The van der Waals surface area contributed by atoms with E-state index in [1.165, 1.54) is 44.9 Å². The van der Waals surface area contributed by atoms with Crippen LogP contribution in [0.2, 0.25) is 0 Å². The van der Waals surface area contributed by atoms with E-state index in [1.807, 2.05) is 0 Å².